The first kappa shape index (κ1) is 21.8. The minimum atomic E-state index is -0.639. The Balaban J connectivity index is 1.64. The summed E-state index contributed by atoms with van der Waals surface area (Å²) in [6.07, 6.45) is 5.77. The molecule has 0 N–H and O–H groups in total. The van der Waals surface area contributed by atoms with E-state index >= 15 is 0 Å². The number of rotatable bonds is 5. The number of pyridine rings is 1. The summed E-state index contributed by atoms with van der Waals surface area (Å²) >= 11 is 0. The summed E-state index contributed by atoms with van der Waals surface area (Å²) < 4.78 is 0. The lowest BCUT2D eigenvalue weighted by molar-refractivity contribution is -0.142. The molecule has 164 valence electrons. The van der Waals surface area contributed by atoms with E-state index in [-0.39, 0.29) is 11.8 Å². The number of aromatic nitrogens is 1. The Labute approximate surface area is 189 Å². The maximum absolute atomic E-state index is 13.5. The standard InChI is InChI=1S/C27H29N3O2/c1-29(2)26(32)27(14-8-16-30(20-27)25(31)22-10-4-3-5-11-22)18-21-9-6-12-23(17-21)24-13-7-15-28-19-24/h3-7,9-13,15,17,19H,8,14,16,18,20H2,1-2H3/t27-/m0/s1. The van der Waals surface area contributed by atoms with Gasteiger partial charge < -0.3 is 9.80 Å². The third-order valence-corrected chi connectivity index (χ3v) is 6.21. The highest BCUT2D eigenvalue weighted by Gasteiger charge is 2.44. The summed E-state index contributed by atoms with van der Waals surface area (Å²) in [5.74, 6) is 0.0696. The van der Waals surface area contributed by atoms with E-state index in [9.17, 15) is 9.59 Å². The Morgan fingerprint density at radius 3 is 2.50 bits per heavy atom. The molecular formula is C27H29N3O2. The van der Waals surface area contributed by atoms with Crippen LogP contribution in [0.5, 0.6) is 0 Å². The molecule has 1 fully saturated rings. The lowest BCUT2D eigenvalue weighted by Crippen LogP contribution is -2.54. The molecule has 0 radical (unpaired) electrons. The highest BCUT2D eigenvalue weighted by molar-refractivity contribution is 5.95. The minimum Gasteiger partial charge on any atom is -0.348 e. The van der Waals surface area contributed by atoms with E-state index in [4.69, 9.17) is 0 Å². The lowest BCUT2D eigenvalue weighted by Gasteiger charge is -2.43. The molecule has 2 amide bonds. The van der Waals surface area contributed by atoms with Crippen molar-refractivity contribution in [1.82, 2.24) is 14.8 Å². The first-order valence-electron chi connectivity index (χ1n) is 11.0. The number of likely N-dealkylation sites (tertiary alicyclic amines) is 1. The predicted molar refractivity (Wildman–Crippen MR) is 126 cm³/mol. The second kappa shape index (κ2) is 9.35. The van der Waals surface area contributed by atoms with Gasteiger partial charge in [-0.2, -0.15) is 0 Å². The molecule has 1 atom stereocenters. The van der Waals surface area contributed by atoms with Crippen LogP contribution in [0.2, 0.25) is 0 Å². The van der Waals surface area contributed by atoms with Gasteiger partial charge in [-0.15, -0.1) is 0 Å². The van der Waals surface area contributed by atoms with Crippen LogP contribution in [0.3, 0.4) is 0 Å². The van der Waals surface area contributed by atoms with E-state index in [2.05, 4.69) is 23.2 Å². The Morgan fingerprint density at radius 1 is 1.00 bits per heavy atom. The molecule has 0 saturated carbocycles. The van der Waals surface area contributed by atoms with Gasteiger partial charge in [-0.1, -0.05) is 48.5 Å². The summed E-state index contributed by atoms with van der Waals surface area (Å²) in [5, 5.41) is 0. The predicted octanol–water partition coefficient (Wildman–Crippen LogP) is 4.30. The molecule has 32 heavy (non-hydrogen) atoms. The summed E-state index contributed by atoms with van der Waals surface area (Å²) in [4.78, 5) is 34.4. The van der Waals surface area contributed by atoms with Crippen molar-refractivity contribution in [2.24, 2.45) is 5.41 Å². The SMILES string of the molecule is CN(C)C(=O)[C@]1(Cc2cccc(-c3cccnc3)c2)CCCN(C(=O)c2ccccc2)C1. The third-order valence-electron chi connectivity index (χ3n) is 6.21. The van der Waals surface area contributed by atoms with Gasteiger partial charge in [0.2, 0.25) is 5.91 Å². The molecule has 4 rings (SSSR count). The second-order valence-electron chi connectivity index (χ2n) is 8.80. The Morgan fingerprint density at radius 2 is 1.78 bits per heavy atom. The molecule has 0 unspecified atom stereocenters. The quantitative estimate of drug-likeness (QED) is 0.610. The second-order valence-corrected chi connectivity index (χ2v) is 8.80. The van der Waals surface area contributed by atoms with E-state index < -0.39 is 5.41 Å². The molecule has 5 heteroatoms. The van der Waals surface area contributed by atoms with Gasteiger partial charge in [0.15, 0.2) is 0 Å². The smallest absolute Gasteiger partial charge is 0.253 e. The Kier molecular flexibility index (Phi) is 6.35. The summed E-state index contributed by atoms with van der Waals surface area (Å²) in [7, 11) is 3.60. The molecule has 1 aromatic heterocycles. The van der Waals surface area contributed by atoms with Crippen molar-refractivity contribution < 1.29 is 9.59 Å². The molecule has 1 saturated heterocycles. The van der Waals surface area contributed by atoms with Crippen LogP contribution in [0.15, 0.2) is 79.1 Å². The van der Waals surface area contributed by atoms with Crippen molar-refractivity contribution in [2.45, 2.75) is 19.3 Å². The molecule has 1 aliphatic rings. The maximum Gasteiger partial charge on any atom is 0.253 e. The highest BCUT2D eigenvalue weighted by Crippen LogP contribution is 2.37. The van der Waals surface area contributed by atoms with Crippen LogP contribution in [-0.2, 0) is 11.2 Å². The highest BCUT2D eigenvalue weighted by atomic mass is 16.2. The van der Waals surface area contributed by atoms with Crippen LogP contribution in [0.1, 0.15) is 28.8 Å². The number of benzene rings is 2. The van der Waals surface area contributed by atoms with E-state index in [1.54, 1.807) is 25.2 Å². The van der Waals surface area contributed by atoms with Crippen LogP contribution in [0.4, 0.5) is 0 Å². The zero-order valence-corrected chi connectivity index (χ0v) is 18.7. The number of amides is 2. The molecule has 2 heterocycles. The average Bonchev–Trinajstić information content (AvgIpc) is 2.84. The van der Waals surface area contributed by atoms with Crippen molar-refractivity contribution in [3.05, 3.63) is 90.3 Å². The van der Waals surface area contributed by atoms with Gasteiger partial charge in [-0.3, -0.25) is 14.6 Å². The largest absolute Gasteiger partial charge is 0.348 e. The molecule has 0 aliphatic carbocycles. The fourth-order valence-electron chi connectivity index (χ4n) is 4.72. The molecule has 5 nitrogen and oxygen atoms in total. The van der Waals surface area contributed by atoms with Crippen molar-refractivity contribution in [3.63, 3.8) is 0 Å². The zero-order chi connectivity index (χ0) is 22.6. The molecule has 1 aliphatic heterocycles. The van der Waals surface area contributed by atoms with Crippen LogP contribution < -0.4 is 0 Å². The van der Waals surface area contributed by atoms with Gasteiger partial charge in [-0.05, 0) is 54.2 Å². The summed E-state index contributed by atoms with van der Waals surface area (Å²) in [5.41, 5.74) is 3.25. The fourth-order valence-corrected chi connectivity index (χ4v) is 4.72. The third kappa shape index (κ3) is 4.57. The molecule has 3 aromatic rings. The normalized spacial score (nSPS) is 18.2. The molecule has 0 spiro atoms. The van der Waals surface area contributed by atoms with Crippen molar-refractivity contribution >= 4 is 11.8 Å². The van der Waals surface area contributed by atoms with Gasteiger partial charge in [0, 0.05) is 45.1 Å². The summed E-state index contributed by atoms with van der Waals surface area (Å²) in [6.45, 7) is 1.10. The topological polar surface area (TPSA) is 53.5 Å². The Bertz CT molecular complexity index is 1080. The van der Waals surface area contributed by atoms with Crippen molar-refractivity contribution in [1.29, 1.82) is 0 Å². The number of piperidine rings is 1. The number of hydrogen-bond donors (Lipinski definition) is 0. The first-order valence-corrected chi connectivity index (χ1v) is 11.0. The molecule has 0 bridgehead atoms. The number of hydrogen-bond acceptors (Lipinski definition) is 3. The van der Waals surface area contributed by atoms with Crippen molar-refractivity contribution in [3.8, 4) is 11.1 Å². The molecular weight excluding hydrogens is 398 g/mol. The summed E-state index contributed by atoms with van der Waals surface area (Å²) in [6, 6.07) is 21.6. The van der Waals surface area contributed by atoms with Crippen LogP contribution in [0.25, 0.3) is 11.1 Å². The van der Waals surface area contributed by atoms with E-state index in [1.807, 2.05) is 59.6 Å². The maximum atomic E-state index is 13.5. The van der Waals surface area contributed by atoms with Gasteiger partial charge in [-0.25, -0.2) is 0 Å². The van der Waals surface area contributed by atoms with Gasteiger partial charge >= 0.3 is 0 Å². The van der Waals surface area contributed by atoms with Crippen LogP contribution >= 0.6 is 0 Å². The monoisotopic (exact) mass is 427 g/mol. The number of nitrogens with zero attached hydrogens (tertiary/aromatic N) is 3. The molecule has 2 aromatic carbocycles. The van der Waals surface area contributed by atoms with E-state index in [0.717, 1.165) is 29.5 Å². The van der Waals surface area contributed by atoms with Crippen LogP contribution in [-0.4, -0.2) is 53.8 Å². The van der Waals surface area contributed by atoms with Gasteiger partial charge in [0.25, 0.3) is 5.91 Å². The number of carbonyl (C=O) groups excluding carboxylic acids is 2. The first-order chi connectivity index (χ1) is 15.5. The number of carbonyl (C=O) groups is 2. The van der Waals surface area contributed by atoms with E-state index in [0.29, 0.717) is 25.1 Å². The van der Waals surface area contributed by atoms with Crippen molar-refractivity contribution in [2.75, 3.05) is 27.2 Å². The average molecular weight is 428 g/mol. The fraction of sp³-hybridized carbons (Fsp3) is 0.296. The lowest BCUT2D eigenvalue weighted by atomic mass is 9.73. The zero-order valence-electron chi connectivity index (χ0n) is 18.7. The van der Waals surface area contributed by atoms with Crippen LogP contribution in [0, 0.1) is 5.41 Å². The Hall–Kier alpha value is -3.47. The van der Waals surface area contributed by atoms with Gasteiger partial charge in [0.1, 0.15) is 0 Å². The van der Waals surface area contributed by atoms with Gasteiger partial charge in [0.05, 0.1) is 5.41 Å². The minimum absolute atomic E-state index is 0.00894. The van der Waals surface area contributed by atoms with E-state index in [1.165, 1.54) is 0 Å².